The van der Waals surface area contributed by atoms with Crippen LogP contribution >= 0.6 is 0 Å². The van der Waals surface area contributed by atoms with E-state index in [-0.39, 0.29) is 12.0 Å². The van der Waals surface area contributed by atoms with Crippen LogP contribution < -0.4 is 11.3 Å². The number of methoxy groups -OCH3 is 1. The summed E-state index contributed by atoms with van der Waals surface area (Å²) in [6, 6.07) is 2.13. The number of nitriles is 1. The summed E-state index contributed by atoms with van der Waals surface area (Å²) in [7, 11) is 1.65. The quantitative estimate of drug-likeness (QED) is 0.346. The monoisotopic (exact) mass is 270 g/mol. The van der Waals surface area contributed by atoms with Gasteiger partial charge in [-0.2, -0.15) is 5.26 Å². The lowest BCUT2D eigenvalue weighted by molar-refractivity contribution is -0.132. The zero-order valence-corrected chi connectivity index (χ0v) is 11.3. The summed E-state index contributed by atoms with van der Waals surface area (Å²) in [5.74, 6) is 4.81. The van der Waals surface area contributed by atoms with Gasteiger partial charge >= 0.3 is 0 Å². The predicted octanol–water partition coefficient (Wildman–Crippen LogP) is -0.614. The highest BCUT2D eigenvalue weighted by Crippen LogP contribution is 2.20. The second-order valence-corrected chi connectivity index (χ2v) is 4.53. The van der Waals surface area contributed by atoms with Gasteiger partial charge in [-0.1, -0.05) is 0 Å². The number of carbonyl (C=O) groups is 1. The van der Waals surface area contributed by atoms with Crippen molar-refractivity contribution in [1.29, 1.82) is 5.26 Å². The molecule has 0 spiro atoms. The van der Waals surface area contributed by atoms with Crippen LogP contribution in [0.4, 0.5) is 0 Å². The first-order valence-corrected chi connectivity index (χ1v) is 6.45. The molecule has 1 saturated heterocycles. The molecule has 108 valence electrons. The van der Waals surface area contributed by atoms with Gasteiger partial charge in [-0.05, 0) is 12.8 Å². The molecule has 0 radical (unpaired) electrons. The van der Waals surface area contributed by atoms with Crippen molar-refractivity contribution in [2.45, 2.75) is 31.5 Å². The molecule has 0 aromatic rings. The lowest BCUT2D eigenvalue weighted by Gasteiger charge is -2.24. The van der Waals surface area contributed by atoms with Gasteiger partial charge < -0.3 is 9.47 Å². The van der Waals surface area contributed by atoms with Crippen LogP contribution in [0.5, 0.6) is 0 Å². The third kappa shape index (κ3) is 5.53. The van der Waals surface area contributed by atoms with E-state index in [0.717, 1.165) is 13.0 Å². The molecule has 0 bridgehead atoms. The van der Waals surface area contributed by atoms with Crippen LogP contribution in [-0.4, -0.2) is 56.4 Å². The Morgan fingerprint density at radius 1 is 1.58 bits per heavy atom. The number of rotatable bonds is 8. The number of amides is 1. The Kier molecular flexibility index (Phi) is 7.36. The molecule has 0 aromatic heterocycles. The molecule has 1 fully saturated rings. The summed E-state index contributed by atoms with van der Waals surface area (Å²) in [6.07, 6.45) is 1.55. The van der Waals surface area contributed by atoms with Crippen molar-refractivity contribution in [3.63, 3.8) is 0 Å². The molecule has 0 saturated carbocycles. The molecule has 7 nitrogen and oxygen atoms in total. The van der Waals surface area contributed by atoms with Crippen molar-refractivity contribution in [2.75, 3.05) is 33.4 Å². The van der Waals surface area contributed by atoms with E-state index in [1.54, 1.807) is 7.11 Å². The second-order valence-electron chi connectivity index (χ2n) is 4.53. The topological polar surface area (TPSA) is 101 Å². The minimum absolute atomic E-state index is 0.0119. The standard InChI is InChI=1S/C12H22N4O3/c1-18-8-7-16(6-2-5-13)9-10-3-4-11(19-10)12(17)15-14/h10-11H,2-4,6-9,14H2,1H3,(H,15,17). The van der Waals surface area contributed by atoms with Crippen molar-refractivity contribution < 1.29 is 14.3 Å². The van der Waals surface area contributed by atoms with Gasteiger partial charge in [0.1, 0.15) is 6.10 Å². The Morgan fingerprint density at radius 2 is 2.37 bits per heavy atom. The molecule has 0 aliphatic carbocycles. The Morgan fingerprint density at radius 3 is 3.00 bits per heavy atom. The molecule has 1 aliphatic heterocycles. The first-order valence-electron chi connectivity index (χ1n) is 6.45. The average Bonchev–Trinajstić information content (AvgIpc) is 2.89. The average molecular weight is 270 g/mol. The van der Waals surface area contributed by atoms with Crippen molar-refractivity contribution in [2.24, 2.45) is 5.84 Å². The Bertz CT molecular complexity index is 319. The molecule has 1 rings (SSSR count). The fourth-order valence-electron chi connectivity index (χ4n) is 2.14. The molecule has 1 amide bonds. The Balaban J connectivity index is 2.37. The minimum atomic E-state index is -0.449. The molecule has 1 aliphatic rings. The van der Waals surface area contributed by atoms with Gasteiger partial charge in [-0.15, -0.1) is 0 Å². The van der Waals surface area contributed by atoms with E-state index in [9.17, 15) is 4.79 Å². The molecular weight excluding hydrogens is 248 g/mol. The highest BCUT2D eigenvalue weighted by molar-refractivity contribution is 5.80. The van der Waals surface area contributed by atoms with Crippen LogP contribution in [0, 0.1) is 11.3 Å². The van der Waals surface area contributed by atoms with Gasteiger partial charge in [0.05, 0.1) is 18.8 Å². The van der Waals surface area contributed by atoms with Crippen molar-refractivity contribution in [1.82, 2.24) is 10.3 Å². The van der Waals surface area contributed by atoms with Gasteiger partial charge in [0.2, 0.25) is 0 Å². The summed E-state index contributed by atoms with van der Waals surface area (Å²) in [5.41, 5.74) is 2.11. The zero-order chi connectivity index (χ0) is 14.1. The molecule has 2 atom stereocenters. The lowest BCUT2D eigenvalue weighted by Crippen LogP contribution is -2.40. The predicted molar refractivity (Wildman–Crippen MR) is 68.8 cm³/mol. The smallest absolute Gasteiger partial charge is 0.263 e. The zero-order valence-electron chi connectivity index (χ0n) is 11.3. The number of hydrazine groups is 1. The maximum absolute atomic E-state index is 11.4. The molecule has 7 heteroatoms. The van der Waals surface area contributed by atoms with Crippen molar-refractivity contribution in [3.05, 3.63) is 0 Å². The van der Waals surface area contributed by atoms with E-state index in [4.69, 9.17) is 20.6 Å². The third-order valence-electron chi connectivity index (χ3n) is 3.16. The highest BCUT2D eigenvalue weighted by Gasteiger charge is 2.31. The SMILES string of the molecule is COCCN(CCC#N)CC1CCC(C(=O)NN)O1. The van der Waals surface area contributed by atoms with Crippen LogP contribution in [-0.2, 0) is 14.3 Å². The van der Waals surface area contributed by atoms with E-state index in [0.29, 0.717) is 32.5 Å². The number of nitrogens with one attached hydrogen (secondary N) is 1. The number of carbonyl (C=O) groups excluding carboxylic acids is 1. The van der Waals surface area contributed by atoms with Gasteiger partial charge in [0, 0.05) is 33.2 Å². The normalized spacial score (nSPS) is 22.4. The van der Waals surface area contributed by atoms with E-state index >= 15 is 0 Å². The van der Waals surface area contributed by atoms with Gasteiger partial charge in [0.15, 0.2) is 0 Å². The number of nitrogens with two attached hydrogens (primary N) is 1. The number of nitrogens with zero attached hydrogens (tertiary/aromatic N) is 2. The molecular formula is C12H22N4O3. The molecule has 2 unspecified atom stereocenters. The lowest BCUT2D eigenvalue weighted by atomic mass is 10.2. The van der Waals surface area contributed by atoms with Gasteiger partial charge in [0.25, 0.3) is 5.91 Å². The minimum Gasteiger partial charge on any atom is -0.383 e. The molecule has 1 heterocycles. The summed E-state index contributed by atoms with van der Waals surface area (Å²) < 4.78 is 10.7. The van der Waals surface area contributed by atoms with E-state index in [1.165, 1.54) is 0 Å². The van der Waals surface area contributed by atoms with E-state index in [1.807, 2.05) is 0 Å². The first kappa shape index (κ1) is 15.9. The molecule has 3 N–H and O–H groups in total. The number of hydrogen-bond acceptors (Lipinski definition) is 6. The van der Waals surface area contributed by atoms with Gasteiger partial charge in [-0.3, -0.25) is 15.1 Å². The van der Waals surface area contributed by atoms with Crippen LogP contribution in [0.15, 0.2) is 0 Å². The van der Waals surface area contributed by atoms with Crippen LogP contribution in [0.1, 0.15) is 19.3 Å². The van der Waals surface area contributed by atoms with Gasteiger partial charge in [-0.25, -0.2) is 5.84 Å². The summed E-state index contributed by atoms with van der Waals surface area (Å²) in [6.45, 7) is 2.77. The summed E-state index contributed by atoms with van der Waals surface area (Å²) >= 11 is 0. The highest BCUT2D eigenvalue weighted by atomic mass is 16.5. The van der Waals surface area contributed by atoms with Crippen LogP contribution in [0.3, 0.4) is 0 Å². The van der Waals surface area contributed by atoms with Crippen molar-refractivity contribution in [3.8, 4) is 6.07 Å². The van der Waals surface area contributed by atoms with Crippen LogP contribution in [0.2, 0.25) is 0 Å². The summed E-state index contributed by atoms with van der Waals surface area (Å²) in [4.78, 5) is 13.5. The Labute approximate surface area is 113 Å². The molecule has 19 heavy (non-hydrogen) atoms. The second kappa shape index (κ2) is 8.82. The Hall–Kier alpha value is -1.20. The van der Waals surface area contributed by atoms with Crippen molar-refractivity contribution >= 4 is 5.91 Å². The van der Waals surface area contributed by atoms with E-state index in [2.05, 4.69) is 16.4 Å². The summed E-state index contributed by atoms with van der Waals surface area (Å²) in [5, 5.41) is 8.64. The third-order valence-corrected chi connectivity index (χ3v) is 3.16. The fourth-order valence-corrected chi connectivity index (χ4v) is 2.14. The maximum atomic E-state index is 11.4. The number of hydrogen-bond donors (Lipinski definition) is 2. The van der Waals surface area contributed by atoms with Crippen LogP contribution in [0.25, 0.3) is 0 Å². The first-order chi connectivity index (χ1) is 9.21. The van der Waals surface area contributed by atoms with E-state index < -0.39 is 6.10 Å². The fraction of sp³-hybridized carbons (Fsp3) is 0.833. The number of ether oxygens (including phenoxy) is 2. The largest absolute Gasteiger partial charge is 0.383 e. The maximum Gasteiger partial charge on any atom is 0.263 e. The molecule has 0 aromatic carbocycles.